The molecule has 2 aromatic rings. The topological polar surface area (TPSA) is 55.7 Å². The van der Waals surface area contributed by atoms with E-state index in [1.165, 1.54) is 7.11 Å². The van der Waals surface area contributed by atoms with Crippen LogP contribution in [0.1, 0.15) is 33.6 Å². The van der Waals surface area contributed by atoms with Crippen molar-refractivity contribution >= 4 is 34.5 Å². The molecule has 4 nitrogen and oxygen atoms in total. The number of methoxy groups -OCH3 is 1. The SMILES string of the molecule is COC(=O)C1C(C)=NC2=C(C(=O)c3ccccc32)[C@@H]1c1cccs1. The van der Waals surface area contributed by atoms with Crippen LogP contribution in [0.4, 0.5) is 0 Å². The summed E-state index contributed by atoms with van der Waals surface area (Å²) >= 11 is 1.54. The first kappa shape index (κ1) is 15.0. The van der Waals surface area contributed by atoms with E-state index in [1.54, 1.807) is 11.3 Å². The number of ether oxygens (including phenoxy) is 1. The number of fused-ring (bicyclic) bond motifs is 2. The normalized spacial score (nSPS) is 22.1. The summed E-state index contributed by atoms with van der Waals surface area (Å²) in [6, 6.07) is 11.4. The number of thiophene rings is 1. The summed E-state index contributed by atoms with van der Waals surface area (Å²) in [5.74, 6) is -1.30. The van der Waals surface area contributed by atoms with Crippen molar-refractivity contribution in [3.05, 3.63) is 63.4 Å². The second kappa shape index (κ2) is 5.53. The van der Waals surface area contributed by atoms with Crippen LogP contribution in [0, 0.1) is 5.92 Å². The molecule has 0 saturated heterocycles. The van der Waals surface area contributed by atoms with Crippen LogP contribution in [0.2, 0.25) is 0 Å². The van der Waals surface area contributed by atoms with Crippen molar-refractivity contribution in [2.45, 2.75) is 12.8 Å². The molecule has 0 saturated carbocycles. The van der Waals surface area contributed by atoms with Crippen LogP contribution < -0.4 is 0 Å². The van der Waals surface area contributed by atoms with Crippen LogP contribution in [-0.4, -0.2) is 24.6 Å². The zero-order valence-electron chi connectivity index (χ0n) is 13.3. The maximum atomic E-state index is 13.0. The van der Waals surface area contributed by atoms with Gasteiger partial charge < -0.3 is 4.74 Å². The zero-order valence-corrected chi connectivity index (χ0v) is 14.1. The summed E-state index contributed by atoms with van der Waals surface area (Å²) in [6.07, 6.45) is 0. The van der Waals surface area contributed by atoms with E-state index in [0.717, 1.165) is 10.4 Å². The van der Waals surface area contributed by atoms with Crippen LogP contribution in [0.5, 0.6) is 0 Å². The molecule has 2 atom stereocenters. The minimum absolute atomic E-state index is 0.0378. The fraction of sp³-hybridized carbons (Fsp3) is 0.211. The highest BCUT2D eigenvalue weighted by atomic mass is 32.1. The van der Waals surface area contributed by atoms with Crippen molar-refractivity contribution in [1.29, 1.82) is 0 Å². The summed E-state index contributed by atoms with van der Waals surface area (Å²) in [4.78, 5) is 31.0. The molecule has 0 spiro atoms. The average molecular weight is 337 g/mol. The highest BCUT2D eigenvalue weighted by molar-refractivity contribution is 7.10. The molecule has 1 unspecified atom stereocenters. The van der Waals surface area contributed by atoms with E-state index < -0.39 is 5.92 Å². The van der Waals surface area contributed by atoms with E-state index in [2.05, 4.69) is 4.99 Å². The lowest BCUT2D eigenvalue weighted by molar-refractivity contribution is -0.143. The average Bonchev–Trinajstić information content (AvgIpc) is 3.22. The summed E-state index contributed by atoms with van der Waals surface area (Å²) in [5.41, 5.74) is 3.50. The summed E-state index contributed by atoms with van der Waals surface area (Å²) < 4.78 is 5.00. The third kappa shape index (κ3) is 2.01. The highest BCUT2D eigenvalue weighted by Crippen LogP contribution is 2.48. The Bertz CT molecular complexity index is 908. The molecule has 1 aromatic heterocycles. The van der Waals surface area contributed by atoms with E-state index in [-0.39, 0.29) is 17.7 Å². The Hall–Kier alpha value is -2.53. The van der Waals surface area contributed by atoms with Crippen LogP contribution >= 0.6 is 11.3 Å². The Balaban J connectivity index is 1.96. The largest absolute Gasteiger partial charge is 0.468 e. The maximum Gasteiger partial charge on any atom is 0.315 e. The van der Waals surface area contributed by atoms with Gasteiger partial charge in [-0.25, -0.2) is 0 Å². The molecule has 0 bridgehead atoms. The van der Waals surface area contributed by atoms with Crippen molar-refractivity contribution in [3.63, 3.8) is 0 Å². The molecule has 24 heavy (non-hydrogen) atoms. The van der Waals surface area contributed by atoms with Gasteiger partial charge in [0.05, 0.1) is 12.8 Å². The number of hydrogen-bond acceptors (Lipinski definition) is 5. The lowest BCUT2D eigenvalue weighted by atomic mass is 9.78. The van der Waals surface area contributed by atoms with E-state index in [0.29, 0.717) is 22.5 Å². The molecular formula is C19H15NO3S. The Labute approximate surface area is 143 Å². The molecule has 2 heterocycles. The molecule has 0 radical (unpaired) electrons. The predicted octanol–water partition coefficient (Wildman–Crippen LogP) is 3.70. The smallest absolute Gasteiger partial charge is 0.315 e. The van der Waals surface area contributed by atoms with Gasteiger partial charge in [0.2, 0.25) is 0 Å². The zero-order chi connectivity index (χ0) is 16.8. The van der Waals surface area contributed by atoms with Gasteiger partial charge in [-0.1, -0.05) is 30.3 Å². The number of carbonyl (C=O) groups is 2. The van der Waals surface area contributed by atoms with Crippen LogP contribution in [0.25, 0.3) is 5.70 Å². The summed E-state index contributed by atoms with van der Waals surface area (Å²) in [6.45, 7) is 1.83. The maximum absolute atomic E-state index is 13.0. The van der Waals surface area contributed by atoms with Gasteiger partial charge in [-0.15, -0.1) is 11.3 Å². The number of rotatable bonds is 2. The molecular weight excluding hydrogens is 322 g/mol. The Morgan fingerprint density at radius 3 is 2.58 bits per heavy atom. The third-order valence-electron chi connectivity index (χ3n) is 4.61. The molecule has 1 aromatic carbocycles. The second-order valence-corrected chi connectivity index (χ2v) is 6.86. The quantitative estimate of drug-likeness (QED) is 0.785. The van der Waals surface area contributed by atoms with Crippen molar-refractivity contribution in [1.82, 2.24) is 0 Å². The van der Waals surface area contributed by atoms with Gasteiger partial charge in [-0.05, 0) is 18.4 Å². The van der Waals surface area contributed by atoms with Gasteiger partial charge in [-0.3, -0.25) is 14.6 Å². The second-order valence-electron chi connectivity index (χ2n) is 5.88. The Morgan fingerprint density at radius 2 is 1.92 bits per heavy atom. The minimum atomic E-state index is -0.564. The van der Waals surface area contributed by atoms with Gasteiger partial charge in [-0.2, -0.15) is 0 Å². The molecule has 0 amide bonds. The number of benzene rings is 1. The van der Waals surface area contributed by atoms with Gasteiger partial charge in [0, 0.05) is 33.2 Å². The molecule has 1 aliphatic carbocycles. The van der Waals surface area contributed by atoms with E-state index in [9.17, 15) is 9.59 Å². The van der Waals surface area contributed by atoms with Crippen LogP contribution in [0.15, 0.2) is 52.3 Å². The molecule has 120 valence electrons. The first-order valence-electron chi connectivity index (χ1n) is 7.68. The number of hydrogen-bond donors (Lipinski definition) is 0. The summed E-state index contributed by atoms with van der Waals surface area (Å²) in [5, 5.41) is 1.96. The third-order valence-corrected chi connectivity index (χ3v) is 5.57. The standard InChI is InChI=1S/C19H15NO3S/c1-10-14(19(22)23-2)15(13-8-5-9-24-13)16-17(20-10)11-6-3-4-7-12(11)18(16)21/h3-9,14-15H,1-2H3/t14?,15-/m1/s1. The summed E-state index contributed by atoms with van der Waals surface area (Å²) in [7, 11) is 1.37. The predicted molar refractivity (Wildman–Crippen MR) is 93.4 cm³/mol. The first-order valence-corrected chi connectivity index (χ1v) is 8.56. The Kier molecular flexibility index (Phi) is 3.46. The number of esters is 1. The van der Waals surface area contributed by atoms with E-state index >= 15 is 0 Å². The van der Waals surface area contributed by atoms with Crippen molar-refractivity contribution in [2.24, 2.45) is 10.9 Å². The monoisotopic (exact) mass is 337 g/mol. The fourth-order valence-electron chi connectivity index (χ4n) is 3.56. The number of ketones is 1. The number of aliphatic imine (C=N–C) groups is 1. The minimum Gasteiger partial charge on any atom is -0.468 e. The number of carbonyl (C=O) groups excluding carboxylic acids is 2. The van der Waals surface area contributed by atoms with Crippen molar-refractivity contribution < 1.29 is 14.3 Å². The molecule has 0 N–H and O–H groups in total. The van der Waals surface area contributed by atoms with E-state index in [4.69, 9.17) is 4.74 Å². The number of Topliss-reactive ketones (excluding diaryl/α,β-unsaturated/α-hetero) is 1. The van der Waals surface area contributed by atoms with Gasteiger partial charge in [0.25, 0.3) is 0 Å². The molecule has 2 aliphatic rings. The van der Waals surface area contributed by atoms with Crippen LogP contribution in [-0.2, 0) is 9.53 Å². The molecule has 5 heteroatoms. The first-order chi connectivity index (χ1) is 11.6. The molecule has 0 fully saturated rings. The van der Waals surface area contributed by atoms with Gasteiger partial charge in [0.15, 0.2) is 5.78 Å². The van der Waals surface area contributed by atoms with Gasteiger partial charge in [0.1, 0.15) is 5.92 Å². The number of nitrogens with zero attached hydrogens (tertiary/aromatic N) is 1. The van der Waals surface area contributed by atoms with E-state index in [1.807, 2.05) is 48.7 Å². The van der Waals surface area contributed by atoms with Crippen molar-refractivity contribution in [3.8, 4) is 0 Å². The van der Waals surface area contributed by atoms with Gasteiger partial charge >= 0.3 is 5.97 Å². The lowest BCUT2D eigenvalue weighted by Gasteiger charge is -2.29. The Morgan fingerprint density at radius 1 is 1.17 bits per heavy atom. The number of allylic oxidation sites excluding steroid dienone is 1. The molecule has 4 rings (SSSR count). The lowest BCUT2D eigenvalue weighted by Crippen LogP contribution is -2.34. The molecule has 1 aliphatic heterocycles. The highest BCUT2D eigenvalue weighted by Gasteiger charge is 2.46. The van der Waals surface area contributed by atoms with Crippen LogP contribution in [0.3, 0.4) is 0 Å². The fourth-order valence-corrected chi connectivity index (χ4v) is 4.43. The van der Waals surface area contributed by atoms with Crippen molar-refractivity contribution in [2.75, 3.05) is 7.11 Å².